The number of ether oxygens (including phenoxy) is 4. The summed E-state index contributed by atoms with van der Waals surface area (Å²) in [5, 5.41) is 2.81. The van der Waals surface area contributed by atoms with Gasteiger partial charge in [0.2, 0.25) is 0 Å². The third kappa shape index (κ3) is 52.9. The van der Waals surface area contributed by atoms with Crippen LogP contribution in [0.3, 0.4) is 0 Å². The molecule has 0 bridgehead atoms. The van der Waals surface area contributed by atoms with E-state index in [0.29, 0.717) is 45.8 Å². The van der Waals surface area contributed by atoms with Crippen LogP contribution in [0.1, 0.15) is 194 Å². The minimum absolute atomic E-state index is 0.146. The molecule has 0 atom stereocenters. The predicted molar refractivity (Wildman–Crippen MR) is 283 cm³/mol. The van der Waals surface area contributed by atoms with Crippen molar-refractivity contribution in [1.82, 2.24) is 10.2 Å². The summed E-state index contributed by atoms with van der Waals surface area (Å²) in [6.07, 6.45) is 61.3. The van der Waals surface area contributed by atoms with E-state index in [1.807, 2.05) is 19.0 Å². The molecule has 1 N–H and O–H groups in total. The molecular weight excluding hydrogens is 837 g/mol. The maximum Gasteiger partial charge on any atom is 0.407 e. The van der Waals surface area contributed by atoms with Crippen molar-refractivity contribution in [2.75, 3.05) is 53.6 Å². The molecule has 0 aromatic heterocycles. The lowest BCUT2D eigenvalue weighted by Crippen LogP contribution is -2.32. The largest absolute Gasteiger partial charge is 0.466 e. The van der Waals surface area contributed by atoms with Crippen LogP contribution in [-0.4, -0.2) is 82.6 Å². The fraction of sp³-hybridized carbons (Fsp3) is 0.672. The zero-order chi connectivity index (χ0) is 48.8. The molecule has 0 heterocycles. The highest BCUT2D eigenvalue weighted by Crippen LogP contribution is 2.16. The van der Waals surface area contributed by atoms with Crippen LogP contribution in [-0.2, 0) is 28.5 Å². The minimum Gasteiger partial charge on any atom is -0.466 e. The number of unbranched alkanes of at least 4 members (excludes halogenated alkanes) is 12. The average molecular weight is 935 g/mol. The molecule has 1 amide bonds. The van der Waals surface area contributed by atoms with E-state index in [9.17, 15) is 14.4 Å². The number of amides is 1. The Hall–Kier alpha value is -3.95. The molecule has 0 aromatic carbocycles. The van der Waals surface area contributed by atoms with Crippen LogP contribution < -0.4 is 5.32 Å². The van der Waals surface area contributed by atoms with E-state index < -0.39 is 6.09 Å². The summed E-state index contributed by atoms with van der Waals surface area (Å²) in [4.78, 5) is 39.2. The van der Waals surface area contributed by atoms with Crippen LogP contribution in [0.2, 0.25) is 0 Å². The van der Waals surface area contributed by atoms with E-state index in [2.05, 4.69) is 116 Å². The van der Waals surface area contributed by atoms with Crippen LogP contribution in [0, 0.1) is 0 Å². The molecule has 9 heteroatoms. The average Bonchev–Trinajstić information content (AvgIpc) is 3.31. The number of alkyl carbamates (subject to hydrolysis) is 1. The zero-order valence-electron chi connectivity index (χ0n) is 43.2. The second kappa shape index (κ2) is 53.0. The van der Waals surface area contributed by atoms with Gasteiger partial charge in [0.25, 0.3) is 0 Å². The van der Waals surface area contributed by atoms with Crippen LogP contribution in [0.15, 0.2) is 97.2 Å². The number of likely N-dealkylation sites (N-methyl/N-ethyl adjacent to an activating group) is 1. The summed E-state index contributed by atoms with van der Waals surface area (Å²) in [5.74, 6) is -0.292. The smallest absolute Gasteiger partial charge is 0.407 e. The van der Waals surface area contributed by atoms with Crippen LogP contribution in [0.4, 0.5) is 4.79 Å². The highest BCUT2D eigenvalue weighted by Gasteiger charge is 2.14. The highest BCUT2D eigenvalue weighted by molar-refractivity contribution is 5.69. The fourth-order valence-electron chi connectivity index (χ4n) is 6.70. The van der Waals surface area contributed by atoms with Crippen LogP contribution in [0.25, 0.3) is 0 Å². The Morgan fingerprint density at radius 1 is 0.448 bits per heavy atom. The molecule has 0 rings (SSSR count). The number of hydrogen-bond donors (Lipinski definition) is 1. The molecule has 67 heavy (non-hydrogen) atoms. The van der Waals surface area contributed by atoms with Gasteiger partial charge in [-0.1, -0.05) is 137 Å². The van der Waals surface area contributed by atoms with Crippen LogP contribution >= 0.6 is 0 Å². The van der Waals surface area contributed by atoms with Crippen molar-refractivity contribution in [3.63, 3.8) is 0 Å². The van der Waals surface area contributed by atoms with Gasteiger partial charge in [-0.15, -0.1) is 0 Å². The second-order valence-corrected chi connectivity index (χ2v) is 17.5. The summed E-state index contributed by atoms with van der Waals surface area (Å²) < 4.78 is 22.4. The van der Waals surface area contributed by atoms with Gasteiger partial charge in [-0.2, -0.15) is 0 Å². The SMILES string of the molecule is CCCCC/C=C\C/C=C\C/C=C\C/C=C\CCCC(=O)OCCCCCC(CCCCCOC(=O)CCC/C=C\C/C=C\C/C=C\C/C=C\CCCCC)OC(=O)NCCOCCN(C)C. The Morgan fingerprint density at radius 3 is 1.22 bits per heavy atom. The lowest BCUT2D eigenvalue weighted by atomic mass is 10.0. The second-order valence-electron chi connectivity index (χ2n) is 17.5. The summed E-state index contributed by atoms with van der Waals surface area (Å²) in [7, 11) is 3.99. The molecule has 0 saturated heterocycles. The number of allylic oxidation sites excluding steroid dienone is 16. The van der Waals surface area contributed by atoms with E-state index in [1.54, 1.807) is 0 Å². The molecule has 0 spiro atoms. The van der Waals surface area contributed by atoms with Gasteiger partial charge in [-0.25, -0.2) is 4.79 Å². The number of carbonyl (C=O) groups excluding carboxylic acids is 3. The van der Waals surface area contributed by atoms with Crippen molar-refractivity contribution in [2.24, 2.45) is 0 Å². The van der Waals surface area contributed by atoms with Gasteiger partial charge in [0, 0.05) is 25.9 Å². The monoisotopic (exact) mass is 935 g/mol. The Bertz CT molecular complexity index is 1290. The Balaban J connectivity index is 4.25. The third-order valence-electron chi connectivity index (χ3n) is 10.8. The molecule has 382 valence electrons. The normalized spacial score (nSPS) is 12.4. The van der Waals surface area contributed by atoms with Crippen molar-refractivity contribution in [1.29, 1.82) is 0 Å². The number of nitrogens with zero attached hydrogens (tertiary/aromatic N) is 1. The van der Waals surface area contributed by atoms with E-state index in [1.165, 1.54) is 51.4 Å². The first-order valence-corrected chi connectivity index (χ1v) is 26.6. The first-order valence-electron chi connectivity index (χ1n) is 26.6. The molecular formula is C58H98N2O7. The maximum absolute atomic E-state index is 12.6. The summed E-state index contributed by atoms with van der Waals surface area (Å²) >= 11 is 0. The topological polar surface area (TPSA) is 103 Å². The van der Waals surface area contributed by atoms with Crippen molar-refractivity contribution in [3.05, 3.63) is 97.2 Å². The molecule has 0 aliphatic heterocycles. The predicted octanol–water partition coefficient (Wildman–Crippen LogP) is 15.2. The van der Waals surface area contributed by atoms with Gasteiger partial charge < -0.3 is 29.2 Å². The van der Waals surface area contributed by atoms with Gasteiger partial charge in [0.1, 0.15) is 6.10 Å². The maximum atomic E-state index is 12.6. The molecule has 0 saturated carbocycles. The Labute approximate surface area is 410 Å². The Morgan fingerprint density at radius 2 is 0.836 bits per heavy atom. The lowest BCUT2D eigenvalue weighted by Gasteiger charge is -2.18. The van der Waals surface area contributed by atoms with Crippen molar-refractivity contribution < 1.29 is 33.3 Å². The molecule has 0 radical (unpaired) electrons. The number of rotatable bonds is 47. The van der Waals surface area contributed by atoms with Gasteiger partial charge in [-0.05, 0) is 155 Å². The van der Waals surface area contributed by atoms with E-state index >= 15 is 0 Å². The third-order valence-corrected chi connectivity index (χ3v) is 10.8. The van der Waals surface area contributed by atoms with Crippen LogP contribution in [0.5, 0.6) is 0 Å². The molecule has 0 fully saturated rings. The van der Waals surface area contributed by atoms with E-state index in [0.717, 1.165) is 122 Å². The first kappa shape index (κ1) is 63.0. The van der Waals surface area contributed by atoms with Crippen molar-refractivity contribution in [2.45, 2.75) is 200 Å². The van der Waals surface area contributed by atoms with E-state index in [-0.39, 0.29) is 18.0 Å². The van der Waals surface area contributed by atoms with Gasteiger partial charge in [0.15, 0.2) is 0 Å². The Kier molecular flexibility index (Phi) is 49.9. The van der Waals surface area contributed by atoms with Gasteiger partial charge in [0.05, 0.1) is 26.4 Å². The highest BCUT2D eigenvalue weighted by atomic mass is 16.6. The molecule has 0 aliphatic rings. The summed E-state index contributed by atoms with van der Waals surface area (Å²) in [6, 6.07) is 0. The standard InChI is InChI=1S/C58H98N2O7/c1-5-7-9-11-13-15-17-19-21-23-25-27-29-31-33-35-41-47-56(61)65-51-43-37-39-45-55(67-58(63)59-49-53-64-54-50-60(3)4)46-40-38-44-52-66-57(62)48-42-36-34-32-30-28-26-24-22-20-18-16-14-12-10-8-6-2/h13-16,19-22,25-28,31-34,55H,5-12,17-18,23-24,29-30,35-54H2,1-4H3,(H,59,63)/b15-13-,16-14-,21-19-,22-20-,27-25-,28-26-,33-31-,34-32-. The molecule has 0 aromatic rings. The van der Waals surface area contributed by atoms with Crippen molar-refractivity contribution in [3.8, 4) is 0 Å². The molecule has 0 unspecified atom stereocenters. The first-order chi connectivity index (χ1) is 32.9. The number of nitrogens with one attached hydrogen (secondary N) is 1. The number of carbonyl (C=O) groups is 3. The fourth-order valence-corrected chi connectivity index (χ4v) is 6.70. The van der Waals surface area contributed by atoms with Gasteiger partial charge in [-0.3, -0.25) is 9.59 Å². The lowest BCUT2D eigenvalue weighted by molar-refractivity contribution is -0.144. The summed E-state index contributed by atoms with van der Waals surface area (Å²) in [6.45, 7) is 7.54. The van der Waals surface area contributed by atoms with Gasteiger partial charge >= 0.3 is 18.0 Å². The molecule has 9 nitrogen and oxygen atoms in total. The quantitative estimate of drug-likeness (QED) is 0.0279. The van der Waals surface area contributed by atoms with Crippen molar-refractivity contribution >= 4 is 18.0 Å². The van der Waals surface area contributed by atoms with E-state index in [4.69, 9.17) is 18.9 Å². The molecule has 0 aliphatic carbocycles. The summed E-state index contributed by atoms with van der Waals surface area (Å²) in [5.41, 5.74) is 0. The zero-order valence-corrected chi connectivity index (χ0v) is 43.2. The number of esters is 2. The minimum atomic E-state index is -0.429. The number of hydrogen-bond acceptors (Lipinski definition) is 8.